The topological polar surface area (TPSA) is 126 Å². The predicted molar refractivity (Wildman–Crippen MR) is 168 cm³/mol. The first-order chi connectivity index (χ1) is 21.5. The molecule has 9 nitrogen and oxygen atoms in total. The molecule has 6 rings (SSSR count). The van der Waals surface area contributed by atoms with Crippen LogP contribution >= 0.6 is 11.8 Å². The van der Waals surface area contributed by atoms with E-state index < -0.39 is 16.3 Å². The van der Waals surface area contributed by atoms with Gasteiger partial charge in [0, 0.05) is 24.3 Å². The largest absolute Gasteiger partial charge is 0.392 e. The zero-order valence-corrected chi connectivity index (χ0v) is 25.4. The van der Waals surface area contributed by atoms with Gasteiger partial charge in [-0.3, -0.25) is 5.10 Å². The van der Waals surface area contributed by atoms with Crippen LogP contribution in [0, 0.1) is 0 Å². The van der Waals surface area contributed by atoms with E-state index in [1.807, 2.05) is 72.8 Å². The highest BCUT2D eigenvalue weighted by molar-refractivity contribution is 7.99. The van der Waals surface area contributed by atoms with E-state index in [-0.39, 0.29) is 30.3 Å². The van der Waals surface area contributed by atoms with Crippen molar-refractivity contribution in [3.8, 4) is 11.1 Å². The summed E-state index contributed by atoms with van der Waals surface area (Å²) in [6.07, 6.45) is 1.32. The van der Waals surface area contributed by atoms with Crippen LogP contribution < -0.4 is 4.72 Å². The Balaban J connectivity index is 1.16. The quantitative estimate of drug-likeness (QED) is 0.157. The number of hydrogen-bond acceptors (Lipinski definition) is 8. The number of hydrogen-bond donors (Lipinski definition) is 3. The summed E-state index contributed by atoms with van der Waals surface area (Å²) in [5, 5.41) is 17.0. The maximum atomic E-state index is 12.7. The zero-order valence-electron chi connectivity index (χ0n) is 23.7. The molecule has 44 heavy (non-hydrogen) atoms. The number of aromatic nitrogens is 3. The van der Waals surface area contributed by atoms with Gasteiger partial charge < -0.3 is 14.6 Å². The Morgan fingerprint density at radius 3 is 2.36 bits per heavy atom. The van der Waals surface area contributed by atoms with Crippen LogP contribution in [0.5, 0.6) is 0 Å². The Labute approximate surface area is 260 Å². The minimum atomic E-state index is -3.60. The fourth-order valence-electron chi connectivity index (χ4n) is 5.01. The Kier molecular flexibility index (Phi) is 9.51. The monoisotopic (exact) mass is 628 g/mol. The number of sulfonamides is 1. The third-order valence-electron chi connectivity index (χ3n) is 7.38. The van der Waals surface area contributed by atoms with Crippen LogP contribution in [0.2, 0.25) is 0 Å². The Hall–Kier alpha value is -3.84. The van der Waals surface area contributed by atoms with E-state index in [1.165, 1.54) is 6.33 Å². The average molecular weight is 629 g/mol. The van der Waals surface area contributed by atoms with Crippen molar-refractivity contribution in [2.24, 2.45) is 0 Å². The molecule has 0 unspecified atom stereocenters. The van der Waals surface area contributed by atoms with Crippen molar-refractivity contribution in [1.29, 1.82) is 0 Å². The first-order valence-corrected chi connectivity index (χ1v) is 16.7. The number of aromatic amines is 1. The van der Waals surface area contributed by atoms with E-state index in [1.54, 1.807) is 42.1 Å². The summed E-state index contributed by atoms with van der Waals surface area (Å²) < 4.78 is 40.9. The standard InChI is InChI=1S/C33H32N4O5S2/c38-20-23-9-11-26(12-10-23)31-18-29(21-43-33-34-22-35-37-33)41-32(42-31)27-15-13-25(14-16-27)28-6-4-5-24(17-28)19-36-44(39,40)30-7-2-1-3-8-30/h1-17,22,29,31-32,36,38H,18-21H2,(H,34,35,37)/t29-,31+,32+/m0/s1. The smallest absolute Gasteiger partial charge is 0.240 e. The van der Waals surface area contributed by atoms with Crippen LogP contribution in [0.4, 0.5) is 0 Å². The van der Waals surface area contributed by atoms with Crippen molar-refractivity contribution < 1.29 is 23.0 Å². The summed E-state index contributed by atoms with van der Waals surface area (Å²) in [6, 6.07) is 32.0. The fraction of sp³-hybridized carbons (Fsp3) is 0.212. The SMILES string of the molecule is O=S(=O)(NCc1cccc(-c2ccc([C@@H]3O[C@H](CSc4ncn[nH]4)C[C@H](c4ccc(CO)cc4)O3)cc2)c1)c1ccccc1. The number of nitrogens with zero attached hydrogens (tertiary/aromatic N) is 2. The van der Waals surface area contributed by atoms with Crippen molar-refractivity contribution in [2.75, 3.05) is 5.75 Å². The second-order valence-corrected chi connectivity index (χ2v) is 13.2. The van der Waals surface area contributed by atoms with E-state index in [9.17, 15) is 13.5 Å². The Morgan fingerprint density at radius 2 is 1.64 bits per heavy atom. The molecule has 0 aliphatic carbocycles. The number of H-pyrrole nitrogens is 1. The molecule has 0 amide bonds. The second-order valence-electron chi connectivity index (χ2n) is 10.4. The third-order valence-corrected chi connectivity index (χ3v) is 9.80. The molecule has 0 saturated carbocycles. The second kappa shape index (κ2) is 13.9. The fourth-order valence-corrected chi connectivity index (χ4v) is 6.85. The van der Waals surface area contributed by atoms with Crippen LogP contribution in [0.15, 0.2) is 120 Å². The minimum absolute atomic E-state index is 0.00740. The average Bonchev–Trinajstić information content (AvgIpc) is 3.61. The number of nitrogens with one attached hydrogen (secondary N) is 2. The predicted octanol–water partition coefficient (Wildman–Crippen LogP) is 5.78. The van der Waals surface area contributed by atoms with Gasteiger partial charge in [-0.05, 0) is 46.0 Å². The molecular weight excluding hydrogens is 597 g/mol. The van der Waals surface area contributed by atoms with Gasteiger partial charge >= 0.3 is 0 Å². The first kappa shape index (κ1) is 30.2. The van der Waals surface area contributed by atoms with Crippen molar-refractivity contribution >= 4 is 21.8 Å². The first-order valence-electron chi connectivity index (χ1n) is 14.2. The maximum absolute atomic E-state index is 12.7. The van der Waals surface area contributed by atoms with E-state index >= 15 is 0 Å². The summed E-state index contributed by atoms with van der Waals surface area (Å²) in [6.45, 7) is 0.174. The lowest BCUT2D eigenvalue weighted by molar-refractivity contribution is -0.245. The lowest BCUT2D eigenvalue weighted by Gasteiger charge is -2.36. The van der Waals surface area contributed by atoms with Crippen LogP contribution in [-0.2, 0) is 32.6 Å². The molecule has 0 radical (unpaired) electrons. The number of rotatable bonds is 11. The van der Waals surface area contributed by atoms with Gasteiger partial charge in [-0.25, -0.2) is 18.1 Å². The van der Waals surface area contributed by atoms with Gasteiger partial charge in [0.1, 0.15) is 6.33 Å². The molecule has 0 bridgehead atoms. The molecule has 1 saturated heterocycles. The van der Waals surface area contributed by atoms with Crippen molar-refractivity contribution in [1.82, 2.24) is 19.9 Å². The number of benzene rings is 4. The van der Waals surface area contributed by atoms with Crippen LogP contribution in [-0.4, -0.2) is 40.6 Å². The zero-order chi connectivity index (χ0) is 30.4. The number of aliphatic hydroxyl groups excluding tert-OH is 1. The van der Waals surface area contributed by atoms with E-state index in [2.05, 4.69) is 19.9 Å². The molecule has 1 aliphatic heterocycles. The molecule has 3 N–H and O–H groups in total. The minimum Gasteiger partial charge on any atom is -0.392 e. The number of thioether (sulfide) groups is 1. The highest BCUT2D eigenvalue weighted by atomic mass is 32.2. The van der Waals surface area contributed by atoms with Crippen molar-refractivity contribution in [3.63, 3.8) is 0 Å². The molecular formula is C33H32N4O5S2. The van der Waals surface area contributed by atoms with Gasteiger partial charge in [-0.15, -0.1) is 0 Å². The highest BCUT2D eigenvalue weighted by Crippen LogP contribution is 2.39. The van der Waals surface area contributed by atoms with Gasteiger partial charge in [0.25, 0.3) is 0 Å². The van der Waals surface area contributed by atoms with Gasteiger partial charge in [0.05, 0.1) is 23.7 Å². The van der Waals surface area contributed by atoms with E-state index in [4.69, 9.17) is 9.47 Å². The third kappa shape index (κ3) is 7.44. The van der Waals surface area contributed by atoms with Crippen molar-refractivity contribution in [3.05, 3.63) is 132 Å². The van der Waals surface area contributed by atoms with Crippen LogP contribution in [0.25, 0.3) is 11.1 Å². The van der Waals surface area contributed by atoms with Crippen LogP contribution in [0.3, 0.4) is 0 Å². The molecule has 1 aliphatic rings. The van der Waals surface area contributed by atoms with Crippen LogP contribution in [0.1, 0.15) is 41.1 Å². The molecule has 4 aromatic carbocycles. The molecule has 2 heterocycles. The molecule has 1 fully saturated rings. The van der Waals surface area contributed by atoms with Gasteiger partial charge in [-0.1, -0.05) is 96.7 Å². The molecule has 226 valence electrons. The van der Waals surface area contributed by atoms with Gasteiger partial charge in [-0.2, -0.15) is 5.10 Å². The summed E-state index contributed by atoms with van der Waals surface area (Å²) in [5.41, 5.74) is 5.59. The van der Waals surface area contributed by atoms with E-state index in [0.717, 1.165) is 38.5 Å². The van der Waals surface area contributed by atoms with Crippen molar-refractivity contribution in [2.45, 2.75) is 48.1 Å². The molecule has 11 heteroatoms. The number of aliphatic hydroxyl groups is 1. The van der Waals surface area contributed by atoms with E-state index in [0.29, 0.717) is 12.2 Å². The maximum Gasteiger partial charge on any atom is 0.240 e. The normalized spacial score (nSPS) is 18.7. The Bertz CT molecular complexity index is 1750. The van der Waals surface area contributed by atoms with Gasteiger partial charge in [0.15, 0.2) is 11.4 Å². The lowest BCUT2D eigenvalue weighted by atomic mass is 9.99. The highest BCUT2D eigenvalue weighted by Gasteiger charge is 2.32. The molecule has 5 aromatic rings. The molecule has 3 atom stereocenters. The Morgan fingerprint density at radius 1 is 0.864 bits per heavy atom. The number of ether oxygens (including phenoxy) is 2. The summed E-state index contributed by atoms with van der Waals surface area (Å²) in [4.78, 5) is 4.45. The summed E-state index contributed by atoms with van der Waals surface area (Å²) in [5.74, 6) is 0.680. The summed E-state index contributed by atoms with van der Waals surface area (Å²) in [7, 11) is -3.60. The van der Waals surface area contributed by atoms with Gasteiger partial charge in [0.2, 0.25) is 10.0 Å². The molecule has 0 spiro atoms. The summed E-state index contributed by atoms with van der Waals surface area (Å²) >= 11 is 1.55. The molecule has 1 aromatic heterocycles. The lowest BCUT2D eigenvalue weighted by Crippen LogP contribution is -2.31.